The zero-order valence-electron chi connectivity index (χ0n) is 18.0. The summed E-state index contributed by atoms with van der Waals surface area (Å²) in [7, 11) is 3.12. The summed E-state index contributed by atoms with van der Waals surface area (Å²) in [5.41, 5.74) is 1.39. The van der Waals surface area contributed by atoms with E-state index >= 15 is 0 Å². The number of hydrogen-bond acceptors (Lipinski definition) is 5. The van der Waals surface area contributed by atoms with Crippen LogP contribution in [0.25, 0.3) is 11.0 Å². The van der Waals surface area contributed by atoms with E-state index in [1.165, 1.54) is 15.3 Å². The van der Waals surface area contributed by atoms with Gasteiger partial charge in [0, 0.05) is 22.8 Å². The molecule has 4 rings (SSSR count). The first-order valence-corrected chi connectivity index (χ1v) is 10.9. The summed E-state index contributed by atoms with van der Waals surface area (Å²) in [5, 5.41) is 0.942. The highest BCUT2D eigenvalue weighted by molar-refractivity contribution is 6.35. The number of methoxy groups -OCH3 is 2. The first-order chi connectivity index (χ1) is 15.9. The summed E-state index contributed by atoms with van der Waals surface area (Å²) in [4.78, 5) is 30.8. The van der Waals surface area contributed by atoms with E-state index < -0.39 is 11.2 Å². The average Bonchev–Trinajstić information content (AvgIpc) is 2.82. The summed E-state index contributed by atoms with van der Waals surface area (Å²) >= 11 is 12.3. The number of nitrogens with zero attached hydrogens (tertiary/aromatic N) is 3. The number of rotatable bonds is 7. The Balaban J connectivity index is 1.76. The lowest BCUT2D eigenvalue weighted by atomic mass is 10.1. The van der Waals surface area contributed by atoms with Gasteiger partial charge < -0.3 is 9.47 Å². The van der Waals surface area contributed by atoms with Crippen molar-refractivity contribution in [2.45, 2.75) is 19.5 Å². The first-order valence-electron chi connectivity index (χ1n) is 10.2. The minimum atomic E-state index is -0.438. The second kappa shape index (κ2) is 9.68. The molecule has 0 aliphatic heterocycles. The summed E-state index contributed by atoms with van der Waals surface area (Å²) < 4.78 is 13.3. The molecule has 0 saturated heterocycles. The largest absolute Gasteiger partial charge is 0.493 e. The van der Waals surface area contributed by atoms with Gasteiger partial charge in [-0.15, -0.1) is 0 Å². The maximum atomic E-state index is 13.4. The van der Waals surface area contributed by atoms with E-state index in [0.29, 0.717) is 39.0 Å². The number of fused-ring (bicyclic) bond motifs is 1. The maximum Gasteiger partial charge on any atom is 0.331 e. The fourth-order valence-electron chi connectivity index (χ4n) is 3.69. The SMILES string of the molecule is COc1ccc(CCn2c(=O)c3ncccc3n(Cc3ccc(Cl)cc3Cl)c2=O)cc1OC. The van der Waals surface area contributed by atoms with Crippen molar-refractivity contribution in [3.05, 3.63) is 96.7 Å². The number of ether oxygens (including phenoxy) is 2. The second-order valence-corrected chi connectivity index (χ2v) is 8.22. The molecule has 2 aromatic heterocycles. The minimum absolute atomic E-state index is 0.174. The summed E-state index contributed by atoms with van der Waals surface area (Å²) in [6, 6.07) is 14.0. The molecule has 2 aromatic carbocycles. The van der Waals surface area contributed by atoms with Gasteiger partial charge in [0.1, 0.15) is 0 Å². The highest BCUT2D eigenvalue weighted by atomic mass is 35.5. The zero-order valence-corrected chi connectivity index (χ0v) is 19.6. The third kappa shape index (κ3) is 4.60. The van der Waals surface area contributed by atoms with Crippen LogP contribution in [-0.4, -0.2) is 28.3 Å². The van der Waals surface area contributed by atoms with Crippen molar-refractivity contribution < 1.29 is 9.47 Å². The van der Waals surface area contributed by atoms with Gasteiger partial charge >= 0.3 is 5.69 Å². The van der Waals surface area contributed by atoms with E-state index in [4.69, 9.17) is 32.7 Å². The molecule has 0 atom stereocenters. The maximum absolute atomic E-state index is 13.4. The van der Waals surface area contributed by atoms with Crippen LogP contribution in [0.1, 0.15) is 11.1 Å². The van der Waals surface area contributed by atoms with Crippen molar-refractivity contribution in [2.24, 2.45) is 0 Å². The van der Waals surface area contributed by atoms with E-state index in [-0.39, 0.29) is 18.6 Å². The second-order valence-electron chi connectivity index (χ2n) is 7.37. The standard InChI is InChI=1S/C24H21Cl2N3O4/c1-32-20-8-5-15(12-21(20)33-2)9-11-28-23(30)22-19(4-3-10-27-22)29(24(28)31)14-16-6-7-17(25)13-18(16)26/h3-8,10,12-13H,9,11,14H2,1-2H3. The average molecular weight is 486 g/mol. The van der Waals surface area contributed by atoms with Crippen LogP contribution in [0.3, 0.4) is 0 Å². The topological polar surface area (TPSA) is 75.4 Å². The molecule has 0 amide bonds. The van der Waals surface area contributed by atoms with Crippen molar-refractivity contribution in [3.63, 3.8) is 0 Å². The molecular formula is C24H21Cl2N3O4. The molecule has 4 aromatic rings. The normalized spacial score (nSPS) is 11.0. The third-order valence-corrected chi connectivity index (χ3v) is 5.99. The number of benzene rings is 2. The quantitative estimate of drug-likeness (QED) is 0.392. The molecule has 0 aliphatic carbocycles. The number of aryl methyl sites for hydroxylation is 1. The van der Waals surface area contributed by atoms with Gasteiger partial charge in [0.2, 0.25) is 0 Å². The molecule has 0 saturated carbocycles. The van der Waals surface area contributed by atoms with Crippen LogP contribution in [0.2, 0.25) is 10.0 Å². The van der Waals surface area contributed by atoms with Gasteiger partial charge in [0.25, 0.3) is 5.56 Å². The van der Waals surface area contributed by atoms with Crippen LogP contribution in [0.5, 0.6) is 11.5 Å². The van der Waals surface area contributed by atoms with Gasteiger partial charge in [-0.25, -0.2) is 9.78 Å². The van der Waals surface area contributed by atoms with Gasteiger partial charge in [-0.1, -0.05) is 35.3 Å². The van der Waals surface area contributed by atoms with E-state index in [0.717, 1.165) is 5.56 Å². The molecule has 2 heterocycles. The molecule has 0 bridgehead atoms. The fourth-order valence-corrected chi connectivity index (χ4v) is 4.16. The van der Waals surface area contributed by atoms with Gasteiger partial charge in [0.05, 0.1) is 26.3 Å². The molecule has 0 N–H and O–H groups in total. The molecular weight excluding hydrogens is 465 g/mol. The Labute approximate surface area is 199 Å². The van der Waals surface area contributed by atoms with Crippen molar-refractivity contribution in [2.75, 3.05) is 14.2 Å². The number of aromatic nitrogens is 3. The molecule has 170 valence electrons. The van der Waals surface area contributed by atoms with Crippen LogP contribution in [0.4, 0.5) is 0 Å². The molecule has 0 unspecified atom stereocenters. The van der Waals surface area contributed by atoms with Crippen LogP contribution < -0.4 is 20.7 Å². The van der Waals surface area contributed by atoms with E-state index in [1.807, 2.05) is 12.1 Å². The molecule has 33 heavy (non-hydrogen) atoms. The van der Waals surface area contributed by atoms with Crippen LogP contribution in [0.15, 0.2) is 64.3 Å². The van der Waals surface area contributed by atoms with Crippen LogP contribution >= 0.6 is 23.2 Å². The van der Waals surface area contributed by atoms with Gasteiger partial charge in [-0.05, 0) is 53.9 Å². The lowest BCUT2D eigenvalue weighted by Gasteiger charge is -2.15. The molecule has 0 aliphatic rings. The Morgan fingerprint density at radius 3 is 2.45 bits per heavy atom. The van der Waals surface area contributed by atoms with Crippen molar-refractivity contribution >= 4 is 34.2 Å². The fraction of sp³-hybridized carbons (Fsp3) is 0.208. The van der Waals surface area contributed by atoms with Gasteiger partial charge in [0.15, 0.2) is 17.0 Å². The van der Waals surface area contributed by atoms with Crippen molar-refractivity contribution in [1.82, 2.24) is 14.1 Å². The zero-order chi connectivity index (χ0) is 23.5. The summed E-state index contributed by atoms with van der Waals surface area (Å²) in [6.07, 6.45) is 1.97. The molecule has 0 radical (unpaired) electrons. The molecule has 7 nitrogen and oxygen atoms in total. The van der Waals surface area contributed by atoms with Crippen molar-refractivity contribution in [3.8, 4) is 11.5 Å². The predicted molar refractivity (Wildman–Crippen MR) is 129 cm³/mol. The third-order valence-electron chi connectivity index (χ3n) is 5.40. The lowest BCUT2D eigenvalue weighted by molar-refractivity contribution is 0.354. The van der Waals surface area contributed by atoms with Crippen molar-refractivity contribution in [1.29, 1.82) is 0 Å². The van der Waals surface area contributed by atoms with Gasteiger partial charge in [-0.2, -0.15) is 0 Å². The Bertz CT molecular complexity index is 1450. The predicted octanol–water partition coefficient (Wildman–Crippen LogP) is 4.17. The molecule has 0 fully saturated rings. The lowest BCUT2D eigenvalue weighted by Crippen LogP contribution is -2.41. The number of hydrogen-bond donors (Lipinski definition) is 0. The Morgan fingerprint density at radius 1 is 0.939 bits per heavy atom. The Morgan fingerprint density at radius 2 is 1.73 bits per heavy atom. The smallest absolute Gasteiger partial charge is 0.331 e. The highest BCUT2D eigenvalue weighted by Gasteiger charge is 2.16. The summed E-state index contributed by atoms with van der Waals surface area (Å²) in [5.74, 6) is 1.19. The van der Waals surface area contributed by atoms with E-state index in [2.05, 4.69) is 4.98 Å². The first kappa shape index (κ1) is 22.9. The summed E-state index contributed by atoms with van der Waals surface area (Å²) in [6.45, 7) is 0.349. The van der Waals surface area contributed by atoms with E-state index in [1.54, 1.807) is 50.6 Å². The van der Waals surface area contributed by atoms with Gasteiger partial charge in [-0.3, -0.25) is 13.9 Å². The van der Waals surface area contributed by atoms with Crippen LogP contribution in [-0.2, 0) is 19.5 Å². The van der Waals surface area contributed by atoms with E-state index in [9.17, 15) is 9.59 Å². The molecule has 0 spiro atoms. The number of pyridine rings is 1. The van der Waals surface area contributed by atoms with Crippen LogP contribution in [0, 0.1) is 0 Å². The number of halogens is 2. The highest BCUT2D eigenvalue weighted by Crippen LogP contribution is 2.28. The molecule has 9 heteroatoms. The Hall–Kier alpha value is -3.29. The minimum Gasteiger partial charge on any atom is -0.493 e. The monoisotopic (exact) mass is 485 g/mol. The Kier molecular flexibility index (Phi) is 6.72.